The molecule has 0 unspecified atom stereocenters. The van der Waals surface area contributed by atoms with Gasteiger partial charge in [0.2, 0.25) is 0 Å². The normalized spacial score (nSPS) is 8.40. The van der Waals surface area contributed by atoms with Gasteiger partial charge in [-0.2, -0.15) is 8.42 Å². The number of carboxylic acids is 2. The Labute approximate surface area is 81.1 Å². The molecule has 13 heteroatoms. The molecule has 12 nitrogen and oxygen atoms in total. The quantitative estimate of drug-likeness (QED) is 0.139. The van der Waals surface area contributed by atoms with Crippen LogP contribution in [-0.4, -0.2) is 50.0 Å². The van der Waals surface area contributed by atoms with Crippen molar-refractivity contribution < 1.29 is 47.6 Å². The minimum absolute atomic E-state index is 1.50. The molecule has 0 heterocycles. The largest absolute Gasteiger partial charge is 0.473 e. The summed E-state index contributed by atoms with van der Waals surface area (Å²) in [6.07, 6.45) is 0. The number of aliphatic carboxylic acids is 2. The predicted octanol–water partition coefficient (Wildman–Crippen LogP) is -1.84. The van der Waals surface area contributed by atoms with E-state index in [4.69, 9.17) is 52.6 Å². The number of carbonyl (C=O) groups is 2. The second kappa shape index (κ2) is 8.60. The lowest BCUT2D eigenvalue weighted by molar-refractivity contribution is -0.742. The van der Waals surface area contributed by atoms with Crippen LogP contribution in [0, 0.1) is 10.1 Å². The first-order valence-corrected chi connectivity index (χ1v) is 3.77. The predicted molar refractivity (Wildman–Crippen MR) is 38.2 cm³/mol. The van der Waals surface area contributed by atoms with Crippen molar-refractivity contribution in [3.63, 3.8) is 0 Å². The van der Waals surface area contributed by atoms with Crippen LogP contribution in [-0.2, 0) is 20.0 Å². The van der Waals surface area contributed by atoms with Crippen molar-refractivity contribution in [3.8, 4) is 0 Å². The molecule has 0 aliphatic heterocycles. The van der Waals surface area contributed by atoms with Gasteiger partial charge in [-0.05, 0) is 0 Å². The summed E-state index contributed by atoms with van der Waals surface area (Å²) in [5.74, 6) is -3.65. The zero-order valence-electron chi connectivity index (χ0n) is 6.54. The highest BCUT2D eigenvalue weighted by Gasteiger charge is 2.04. The smallest absolute Gasteiger partial charge is 0.414 e. The molecule has 0 aliphatic rings. The lowest BCUT2D eigenvalue weighted by atomic mass is 10.7. The summed E-state index contributed by atoms with van der Waals surface area (Å²) >= 11 is 0. The average Bonchev–Trinajstić information content (AvgIpc) is 1.80. The van der Waals surface area contributed by atoms with Gasteiger partial charge in [0, 0.05) is 0 Å². The Morgan fingerprint density at radius 2 is 1.13 bits per heavy atom. The molecule has 0 aromatic rings. The molecule has 15 heavy (non-hydrogen) atoms. The van der Waals surface area contributed by atoms with Crippen LogP contribution in [0.25, 0.3) is 0 Å². The van der Waals surface area contributed by atoms with Gasteiger partial charge in [-0.1, -0.05) is 0 Å². The topological polar surface area (TPSA) is 213 Å². The van der Waals surface area contributed by atoms with Crippen LogP contribution in [0.3, 0.4) is 0 Å². The van der Waals surface area contributed by atoms with Gasteiger partial charge in [-0.25, -0.2) is 9.59 Å². The van der Waals surface area contributed by atoms with Crippen molar-refractivity contribution in [2.75, 3.05) is 0 Å². The van der Waals surface area contributed by atoms with Crippen molar-refractivity contribution in [2.45, 2.75) is 0 Å². The second-order valence-corrected chi connectivity index (χ2v) is 2.19. The van der Waals surface area contributed by atoms with E-state index >= 15 is 0 Å². The molecule has 0 radical (unpaired) electrons. The molecule has 0 saturated heterocycles. The maximum Gasteiger partial charge on any atom is 0.414 e. The maximum atomic E-state index is 9.10. The van der Waals surface area contributed by atoms with Gasteiger partial charge < -0.3 is 15.4 Å². The number of hydrogen-bond acceptors (Lipinski definition) is 6. The van der Waals surface area contributed by atoms with Gasteiger partial charge in [0.1, 0.15) is 0 Å². The van der Waals surface area contributed by atoms with Crippen LogP contribution in [0.15, 0.2) is 0 Å². The number of carboxylic acid groups (broad SMARTS) is 2. The van der Waals surface area contributed by atoms with Crippen LogP contribution < -0.4 is 0 Å². The van der Waals surface area contributed by atoms with E-state index in [2.05, 4.69) is 0 Å². The van der Waals surface area contributed by atoms with E-state index in [1.54, 1.807) is 0 Å². The van der Waals surface area contributed by atoms with Crippen molar-refractivity contribution in [3.05, 3.63) is 10.1 Å². The zero-order valence-corrected chi connectivity index (χ0v) is 7.36. The zero-order chi connectivity index (χ0) is 13.2. The summed E-state index contributed by atoms with van der Waals surface area (Å²) < 4.78 is 31.6. The summed E-state index contributed by atoms with van der Waals surface area (Å²) in [5, 5.41) is 28.4. The van der Waals surface area contributed by atoms with Gasteiger partial charge in [0.15, 0.2) is 0 Å². The Morgan fingerprint density at radius 1 is 1.07 bits per heavy atom. The van der Waals surface area contributed by atoms with E-state index in [-0.39, 0.29) is 0 Å². The molecule has 0 spiro atoms. The highest BCUT2D eigenvalue weighted by molar-refractivity contribution is 7.79. The summed E-state index contributed by atoms with van der Waals surface area (Å²) in [4.78, 5) is 26.6. The molecule has 90 valence electrons. The third kappa shape index (κ3) is 298. The molecule has 0 bridgehead atoms. The summed E-state index contributed by atoms with van der Waals surface area (Å²) in [6, 6.07) is 0. The summed E-state index contributed by atoms with van der Waals surface area (Å²) in [6.45, 7) is 0. The van der Waals surface area contributed by atoms with E-state index in [0.29, 0.717) is 0 Å². The molecule has 0 fully saturated rings. The summed E-state index contributed by atoms with van der Waals surface area (Å²) in [7, 11) is -4.67. The minimum atomic E-state index is -4.67. The number of rotatable bonds is 0. The van der Waals surface area contributed by atoms with E-state index in [0.717, 1.165) is 0 Å². The fraction of sp³-hybridized carbons (Fsp3) is 0. The molecule has 0 amide bonds. The first-order chi connectivity index (χ1) is 6.37. The van der Waals surface area contributed by atoms with Gasteiger partial charge in [0.05, 0.1) is 0 Å². The minimum Gasteiger partial charge on any atom is -0.473 e. The van der Waals surface area contributed by atoms with Crippen molar-refractivity contribution >= 4 is 22.3 Å². The van der Waals surface area contributed by atoms with E-state index in [9.17, 15) is 0 Å². The fourth-order valence-corrected chi connectivity index (χ4v) is 0. The van der Waals surface area contributed by atoms with Crippen LogP contribution in [0.2, 0.25) is 0 Å². The first kappa shape index (κ1) is 18.7. The molecule has 5 N–H and O–H groups in total. The van der Waals surface area contributed by atoms with Crippen LogP contribution in [0.5, 0.6) is 0 Å². The van der Waals surface area contributed by atoms with Gasteiger partial charge in [-0.15, -0.1) is 10.1 Å². The van der Waals surface area contributed by atoms with Crippen LogP contribution >= 0.6 is 0 Å². The number of hydrogen-bond donors (Lipinski definition) is 5. The van der Waals surface area contributed by atoms with Crippen molar-refractivity contribution in [2.24, 2.45) is 0 Å². The average molecular weight is 251 g/mol. The van der Waals surface area contributed by atoms with E-state index < -0.39 is 27.4 Å². The highest BCUT2D eigenvalue weighted by atomic mass is 32.3. The van der Waals surface area contributed by atoms with Crippen molar-refractivity contribution in [1.29, 1.82) is 0 Å². The lowest BCUT2D eigenvalue weighted by Crippen LogP contribution is -2.09. The van der Waals surface area contributed by atoms with Gasteiger partial charge >= 0.3 is 22.3 Å². The third-order valence-electron chi connectivity index (χ3n) is 0.183. The maximum absolute atomic E-state index is 9.10. The standard InChI is InChI=1S/C2H2O4.HNO3.H2O4S/c3-1(4)2(5)6;2-1(3)4;1-5(2,3)4/h(H,3,4)(H,5,6);(H,2,3,4);(H2,1,2,3,4). The fourth-order valence-electron chi connectivity index (χ4n) is 0. The Morgan fingerprint density at radius 3 is 1.13 bits per heavy atom. The molecule has 0 saturated carbocycles. The SMILES string of the molecule is O=C(O)C(=O)O.O=S(=O)(O)O.O=[N+]([O-])O. The molecule has 0 aliphatic carbocycles. The molecule has 0 aromatic carbocycles. The van der Waals surface area contributed by atoms with Gasteiger partial charge in [-0.3, -0.25) is 9.11 Å². The third-order valence-corrected chi connectivity index (χ3v) is 0.183. The Bertz CT molecular complexity index is 289. The second-order valence-electron chi connectivity index (χ2n) is 1.30. The Balaban J connectivity index is -0.000000147. The van der Waals surface area contributed by atoms with E-state index in [1.165, 1.54) is 0 Å². The van der Waals surface area contributed by atoms with Crippen LogP contribution in [0.1, 0.15) is 0 Å². The lowest BCUT2D eigenvalue weighted by Gasteiger charge is -1.72. The Kier molecular flexibility index (Phi) is 10.7. The Hall–Kier alpha value is -1.99. The summed E-state index contributed by atoms with van der Waals surface area (Å²) in [5.41, 5.74) is 0. The molecule has 0 aromatic heterocycles. The molecule has 0 rings (SSSR count). The van der Waals surface area contributed by atoms with Crippen LogP contribution in [0.4, 0.5) is 0 Å². The monoisotopic (exact) mass is 251 g/mol. The first-order valence-electron chi connectivity index (χ1n) is 2.37. The molecular weight excluding hydrogens is 246 g/mol. The van der Waals surface area contributed by atoms with E-state index in [1.807, 2.05) is 0 Å². The van der Waals surface area contributed by atoms with Crippen molar-refractivity contribution in [1.82, 2.24) is 0 Å². The highest BCUT2D eigenvalue weighted by Crippen LogP contribution is 1.59. The van der Waals surface area contributed by atoms with Gasteiger partial charge in [0.25, 0.3) is 5.09 Å². The molecule has 0 atom stereocenters. The molecular formula is C2H5NO11S. The number of nitrogens with zero attached hydrogens (tertiary/aromatic N) is 1.